The molecule has 1 atom stereocenters. The number of carbonyl (C=O) groups excluding carboxylic acids is 1. The largest absolute Gasteiger partial charge is 0.465 e. The van der Waals surface area contributed by atoms with Crippen LogP contribution in [-0.2, 0) is 11.3 Å². The highest BCUT2D eigenvalue weighted by Gasteiger charge is 2.27. The fraction of sp³-hybridized carbons (Fsp3) is 0.367. The topological polar surface area (TPSA) is 68.0 Å². The van der Waals surface area contributed by atoms with Crippen molar-refractivity contribution in [3.05, 3.63) is 90.0 Å². The van der Waals surface area contributed by atoms with Crippen molar-refractivity contribution in [2.45, 2.75) is 44.8 Å². The molecule has 4 rings (SSSR count). The smallest absolute Gasteiger partial charge is 0.337 e. The lowest BCUT2D eigenvalue weighted by Gasteiger charge is -2.42. The zero-order valence-electron chi connectivity index (χ0n) is 21.3. The molecule has 6 nitrogen and oxygen atoms in total. The van der Waals surface area contributed by atoms with E-state index in [4.69, 9.17) is 15.2 Å². The molecule has 36 heavy (non-hydrogen) atoms. The number of ether oxygens (including phenoxy) is 2. The van der Waals surface area contributed by atoms with Crippen molar-refractivity contribution in [1.29, 1.82) is 0 Å². The predicted molar refractivity (Wildman–Crippen MR) is 145 cm³/mol. The number of piperidine rings is 1. The highest BCUT2D eigenvalue weighted by Crippen LogP contribution is 2.30. The molecule has 6 heteroatoms. The third-order valence-electron chi connectivity index (χ3n) is 7.02. The number of esters is 1. The van der Waals surface area contributed by atoms with E-state index < -0.39 is 0 Å². The van der Waals surface area contributed by atoms with Crippen LogP contribution in [0.15, 0.2) is 78.9 Å². The minimum absolute atomic E-state index is 0.357. The van der Waals surface area contributed by atoms with Crippen molar-refractivity contribution >= 4 is 11.7 Å². The standard InChI is InChI=1S/C30H37N3O3/c1-23(16-19-31)32-20-17-27(18-21-32)33(22-24-6-4-3-5-7-24)26-10-14-29(15-11-26)36-28-12-8-25(9-13-28)30(34)35-2/h3-15,23,27H,16-22,31H2,1-2H3. The van der Waals surface area contributed by atoms with Crippen molar-refractivity contribution in [3.8, 4) is 11.5 Å². The van der Waals surface area contributed by atoms with E-state index in [1.165, 1.54) is 18.4 Å². The van der Waals surface area contributed by atoms with Gasteiger partial charge in [-0.25, -0.2) is 4.79 Å². The number of hydrogen-bond donors (Lipinski definition) is 1. The molecule has 1 unspecified atom stereocenters. The summed E-state index contributed by atoms with van der Waals surface area (Å²) in [5.41, 5.74) is 8.80. The first-order valence-electron chi connectivity index (χ1n) is 12.8. The van der Waals surface area contributed by atoms with Crippen LogP contribution < -0.4 is 15.4 Å². The van der Waals surface area contributed by atoms with Crippen molar-refractivity contribution in [3.63, 3.8) is 0 Å². The highest BCUT2D eigenvalue weighted by atomic mass is 16.5. The number of likely N-dealkylation sites (tertiary alicyclic amines) is 1. The molecule has 0 radical (unpaired) electrons. The van der Waals surface area contributed by atoms with E-state index in [1.54, 1.807) is 24.3 Å². The van der Waals surface area contributed by atoms with Gasteiger partial charge in [0.25, 0.3) is 0 Å². The van der Waals surface area contributed by atoms with Crippen molar-refractivity contribution < 1.29 is 14.3 Å². The zero-order chi connectivity index (χ0) is 25.3. The SMILES string of the molecule is COC(=O)c1ccc(Oc2ccc(N(Cc3ccccc3)C3CCN(C(C)CCN)CC3)cc2)cc1. The summed E-state index contributed by atoms with van der Waals surface area (Å²) in [6.07, 6.45) is 3.31. The number of nitrogens with two attached hydrogens (primary N) is 1. The maximum atomic E-state index is 11.7. The van der Waals surface area contributed by atoms with E-state index >= 15 is 0 Å². The summed E-state index contributed by atoms with van der Waals surface area (Å²) in [5, 5.41) is 0. The van der Waals surface area contributed by atoms with E-state index in [1.807, 2.05) is 12.1 Å². The number of anilines is 1. The second-order valence-corrected chi connectivity index (χ2v) is 9.42. The molecule has 1 aliphatic rings. The molecule has 1 saturated heterocycles. The molecule has 0 bridgehead atoms. The monoisotopic (exact) mass is 487 g/mol. The molecule has 0 saturated carbocycles. The Morgan fingerprint density at radius 1 is 0.972 bits per heavy atom. The summed E-state index contributed by atoms with van der Waals surface area (Å²) < 4.78 is 10.8. The lowest BCUT2D eigenvalue weighted by Crippen LogP contribution is -2.47. The lowest BCUT2D eigenvalue weighted by molar-refractivity contribution is 0.0600. The van der Waals surface area contributed by atoms with Gasteiger partial charge in [-0.05, 0) is 86.8 Å². The maximum absolute atomic E-state index is 11.7. The third kappa shape index (κ3) is 6.65. The molecule has 3 aromatic rings. The fourth-order valence-electron chi connectivity index (χ4n) is 4.89. The van der Waals surface area contributed by atoms with Crippen LogP contribution in [-0.4, -0.2) is 49.7 Å². The van der Waals surface area contributed by atoms with Crippen molar-refractivity contribution in [2.75, 3.05) is 31.6 Å². The minimum atomic E-state index is -0.357. The third-order valence-corrected chi connectivity index (χ3v) is 7.02. The van der Waals surface area contributed by atoms with Crippen molar-refractivity contribution in [1.82, 2.24) is 4.90 Å². The highest BCUT2D eigenvalue weighted by molar-refractivity contribution is 5.89. The van der Waals surface area contributed by atoms with Gasteiger partial charge in [-0.15, -0.1) is 0 Å². The first-order chi connectivity index (χ1) is 17.6. The minimum Gasteiger partial charge on any atom is -0.465 e. The zero-order valence-corrected chi connectivity index (χ0v) is 21.3. The van der Waals surface area contributed by atoms with Crippen LogP contribution in [0.25, 0.3) is 0 Å². The van der Waals surface area contributed by atoms with Gasteiger partial charge >= 0.3 is 5.97 Å². The second kappa shape index (κ2) is 12.6. The maximum Gasteiger partial charge on any atom is 0.337 e. The molecule has 1 aliphatic heterocycles. The number of nitrogens with zero attached hydrogens (tertiary/aromatic N) is 2. The molecule has 1 fully saturated rings. The Bertz CT molecular complexity index is 1080. The van der Waals surface area contributed by atoms with E-state index in [0.717, 1.165) is 51.2 Å². The van der Waals surface area contributed by atoms with Crippen LogP contribution in [0.1, 0.15) is 42.1 Å². The quantitative estimate of drug-likeness (QED) is 0.382. The molecular weight excluding hydrogens is 450 g/mol. The Morgan fingerprint density at radius 3 is 2.17 bits per heavy atom. The van der Waals surface area contributed by atoms with Gasteiger partial charge in [0.2, 0.25) is 0 Å². The van der Waals surface area contributed by atoms with Crippen LogP contribution in [0.2, 0.25) is 0 Å². The molecule has 0 aromatic heterocycles. The molecular formula is C30H37N3O3. The van der Waals surface area contributed by atoms with E-state index in [9.17, 15) is 4.79 Å². The number of methoxy groups -OCH3 is 1. The molecule has 0 spiro atoms. The van der Waals surface area contributed by atoms with Gasteiger partial charge in [0, 0.05) is 37.4 Å². The summed E-state index contributed by atoms with van der Waals surface area (Å²) in [6.45, 7) is 6.10. The van der Waals surface area contributed by atoms with Gasteiger partial charge in [0.15, 0.2) is 0 Å². The van der Waals surface area contributed by atoms with E-state index in [-0.39, 0.29) is 5.97 Å². The average molecular weight is 488 g/mol. The summed E-state index contributed by atoms with van der Waals surface area (Å²) in [5.74, 6) is 1.08. The van der Waals surface area contributed by atoms with Gasteiger partial charge in [-0.3, -0.25) is 0 Å². The Hall–Kier alpha value is -3.35. The Labute approximate surface area is 214 Å². The van der Waals surface area contributed by atoms with Crippen LogP contribution in [0, 0.1) is 0 Å². The second-order valence-electron chi connectivity index (χ2n) is 9.42. The normalized spacial score (nSPS) is 15.3. The van der Waals surface area contributed by atoms with Gasteiger partial charge in [-0.1, -0.05) is 30.3 Å². The number of hydrogen-bond acceptors (Lipinski definition) is 6. The molecule has 2 N–H and O–H groups in total. The van der Waals surface area contributed by atoms with Crippen LogP contribution in [0.5, 0.6) is 11.5 Å². The lowest BCUT2D eigenvalue weighted by atomic mass is 9.99. The van der Waals surface area contributed by atoms with Crippen LogP contribution in [0.4, 0.5) is 5.69 Å². The Balaban J connectivity index is 1.46. The van der Waals surface area contributed by atoms with Crippen LogP contribution >= 0.6 is 0 Å². The molecule has 0 amide bonds. The number of rotatable bonds is 10. The summed E-state index contributed by atoms with van der Waals surface area (Å²) >= 11 is 0. The van der Waals surface area contributed by atoms with Gasteiger partial charge in [-0.2, -0.15) is 0 Å². The Kier molecular flexibility index (Phi) is 8.98. The molecule has 1 heterocycles. The summed E-state index contributed by atoms with van der Waals surface area (Å²) in [6, 6.07) is 27.0. The summed E-state index contributed by atoms with van der Waals surface area (Å²) in [7, 11) is 1.38. The van der Waals surface area contributed by atoms with Gasteiger partial charge in [0.1, 0.15) is 11.5 Å². The molecule has 0 aliphatic carbocycles. The first-order valence-corrected chi connectivity index (χ1v) is 12.8. The first kappa shape index (κ1) is 25.7. The molecule has 190 valence electrons. The molecule has 3 aromatic carbocycles. The number of carbonyl (C=O) groups is 1. The van der Waals surface area contributed by atoms with Gasteiger partial charge < -0.3 is 25.0 Å². The number of benzene rings is 3. The van der Waals surface area contributed by atoms with Crippen molar-refractivity contribution in [2.24, 2.45) is 5.73 Å². The van der Waals surface area contributed by atoms with E-state index in [0.29, 0.717) is 23.4 Å². The van der Waals surface area contributed by atoms with Gasteiger partial charge in [0.05, 0.1) is 12.7 Å². The van der Waals surface area contributed by atoms with E-state index in [2.05, 4.69) is 59.2 Å². The predicted octanol–water partition coefficient (Wildman–Crippen LogP) is 5.47. The van der Waals surface area contributed by atoms with Crippen LogP contribution in [0.3, 0.4) is 0 Å². The summed E-state index contributed by atoms with van der Waals surface area (Å²) in [4.78, 5) is 16.8. The average Bonchev–Trinajstić information content (AvgIpc) is 2.93. The fourth-order valence-corrected chi connectivity index (χ4v) is 4.89. The Morgan fingerprint density at radius 2 is 1.58 bits per heavy atom.